The second-order valence-corrected chi connectivity index (χ2v) is 2.64. The summed E-state index contributed by atoms with van der Waals surface area (Å²) in [4.78, 5) is 10.6. The fourth-order valence-corrected chi connectivity index (χ4v) is 1.00. The minimum absolute atomic E-state index is 0.222. The third-order valence-corrected chi connectivity index (χ3v) is 1.52. The van der Waals surface area contributed by atoms with Crippen molar-refractivity contribution in [2.24, 2.45) is 0 Å². The monoisotopic (exact) mass is 190 g/mol. The molecule has 0 aliphatic rings. The lowest BCUT2D eigenvalue weighted by atomic mass is 10.8. The van der Waals surface area contributed by atoms with Crippen LogP contribution in [0.25, 0.3) is 0 Å². The molecule has 0 aliphatic carbocycles. The molecule has 0 atom stereocenters. The van der Waals surface area contributed by atoms with Gasteiger partial charge in [-0.05, 0) is 24.4 Å². The fourth-order valence-electron chi connectivity index (χ4n) is 0.570. The van der Waals surface area contributed by atoms with E-state index in [1.54, 1.807) is 0 Å². The highest BCUT2D eigenvalue weighted by atomic mass is 32.1. The van der Waals surface area contributed by atoms with Gasteiger partial charge in [0.05, 0.1) is 0 Å². The van der Waals surface area contributed by atoms with E-state index in [1.807, 2.05) is 0 Å². The van der Waals surface area contributed by atoms with Gasteiger partial charge in [0.2, 0.25) is 15.4 Å². The highest BCUT2D eigenvalue weighted by molar-refractivity contribution is 7.72. The van der Waals surface area contributed by atoms with Crippen molar-refractivity contribution < 1.29 is 4.79 Å². The smallest absolute Gasteiger partial charge is 0.235 e. The van der Waals surface area contributed by atoms with E-state index in [1.165, 1.54) is 11.6 Å². The first-order chi connectivity index (χ1) is 5.11. The number of aromatic nitrogens is 3. The fraction of sp³-hybridized carbons (Fsp3) is 0.250. The van der Waals surface area contributed by atoms with Gasteiger partial charge in [0.1, 0.15) is 0 Å². The van der Waals surface area contributed by atoms with Gasteiger partial charge in [0, 0.05) is 6.92 Å². The molecule has 60 valence electrons. The average Bonchev–Trinajstić information content (AvgIpc) is 2.18. The summed E-state index contributed by atoms with van der Waals surface area (Å²) in [5.41, 5.74) is 2.43. The van der Waals surface area contributed by atoms with Crippen LogP contribution >= 0.6 is 24.4 Å². The summed E-state index contributed by atoms with van der Waals surface area (Å²) in [6, 6.07) is 0. The number of carbonyl (C=O) groups is 1. The van der Waals surface area contributed by atoms with Crippen LogP contribution in [0.4, 0.5) is 0 Å². The normalized spacial score (nSPS) is 9.55. The molecule has 0 radical (unpaired) electrons. The van der Waals surface area contributed by atoms with E-state index in [-0.39, 0.29) is 5.91 Å². The second kappa shape index (κ2) is 2.97. The molecule has 0 saturated carbocycles. The number of rotatable bonds is 1. The van der Waals surface area contributed by atoms with Gasteiger partial charge in [-0.25, -0.2) is 0 Å². The Hall–Kier alpha value is -0.950. The largest absolute Gasteiger partial charge is 0.274 e. The lowest BCUT2D eigenvalue weighted by molar-refractivity contribution is -0.115. The molecule has 0 aliphatic heterocycles. The van der Waals surface area contributed by atoms with Crippen LogP contribution in [0.5, 0.6) is 0 Å². The Balaban J connectivity index is 3.12. The van der Waals surface area contributed by atoms with Crippen molar-refractivity contribution in [1.29, 1.82) is 0 Å². The molecule has 1 amide bonds. The summed E-state index contributed by atoms with van der Waals surface area (Å²) in [5.74, 6) is -0.222. The lowest BCUT2D eigenvalue weighted by Gasteiger charge is -1.98. The van der Waals surface area contributed by atoms with Crippen molar-refractivity contribution in [3.05, 3.63) is 9.54 Å². The van der Waals surface area contributed by atoms with Crippen LogP contribution in [0.1, 0.15) is 6.92 Å². The summed E-state index contributed by atoms with van der Waals surface area (Å²) in [7, 11) is 0. The van der Waals surface area contributed by atoms with Crippen LogP contribution in [0.2, 0.25) is 0 Å². The molecule has 0 bridgehead atoms. The van der Waals surface area contributed by atoms with Gasteiger partial charge in [0.15, 0.2) is 0 Å². The Bertz CT molecular complexity index is 344. The molecule has 7 heteroatoms. The topological polar surface area (TPSA) is 65.6 Å². The number of nitrogens with zero attached hydrogens (tertiary/aromatic N) is 1. The summed E-state index contributed by atoms with van der Waals surface area (Å²) in [5, 5.41) is 5.15. The van der Waals surface area contributed by atoms with Crippen molar-refractivity contribution in [1.82, 2.24) is 14.9 Å². The molecular formula is C4H6N4OS2. The molecule has 1 aromatic heterocycles. The predicted octanol–water partition coefficient (Wildman–Crippen LogP) is 0.693. The van der Waals surface area contributed by atoms with Crippen LogP contribution < -0.4 is 5.43 Å². The molecule has 0 aromatic carbocycles. The Morgan fingerprint density at radius 2 is 1.91 bits per heavy atom. The quantitative estimate of drug-likeness (QED) is 0.571. The van der Waals surface area contributed by atoms with Crippen LogP contribution in [-0.2, 0) is 4.79 Å². The molecule has 3 N–H and O–H groups in total. The Morgan fingerprint density at radius 3 is 2.27 bits per heavy atom. The van der Waals surface area contributed by atoms with E-state index in [0.29, 0.717) is 9.54 Å². The van der Waals surface area contributed by atoms with E-state index >= 15 is 0 Å². The van der Waals surface area contributed by atoms with Crippen molar-refractivity contribution in [2.75, 3.05) is 5.43 Å². The zero-order valence-corrected chi connectivity index (χ0v) is 7.30. The number of amides is 1. The lowest BCUT2D eigenvalue weighted by Crippen LogP contribution is -2.19. The maximum atomic E-state index is 10.6. The highest BCUT2D eigenvalue weighted by Gasteiger charge is 1.96. The number of H-pyrrole nitrogens is 2. The van der Waals surface area contributed by atoms with Crippen molar-refractivity contribution >= 4 is 30.3 Å². The summed E-state index contributed by atoms with van der Waals surface area (Å²) >= 11 is 9.57. The van der Waals surface area contributed by atoms with Gasteiger partial charge in [-0.3, -0.25) is 20.4 Å². The van der Waals surface area contributed by atoms with Crippen LogP contribution in [0, 0.1) is 9.54 Å². The third-order valence-electron chi connectivity index (χ3n) is 0.952. The molecule has 11 heavy (non-hydrogen) atoms. The average molecular weight is 190 g/mol. The number of nitrogens with one attached hydrogen (secondary N) is 3. The van der Waals surface area contributed by atoms with Crippen molar-refractivity contribution in [3.8, 4) is 0 Å². The summed E-state index contributed by atoms with van der Waals surface area (Å²) in [6.45, 7) is 1.38. The number of aromatic amines is 2. The van der Waals surface area contributed by atoms with Gasteiger partial charge in [0.25, 0.3) is 0 Å². The molecule has 0 unspecified atom stereocenters. The predicted molar refractivity (Wildman–Crippen MR) is 44.8 cm³/mol. The second-order valence-electron chi connectivity index (χ2n) is 1.86. The molecule has 0 spiro atoms. The Kier molecular flexibility index (Phi) is 2.20. The zero-order valence-electron chi connectivity index (χ0n) is 5.67. The van der Waals surface area contributed by atoms with Crippen molar-refractivity contribution in [3.63, 3.8) is 0 Å². The maximum absolute atomic E-state index is 10.6. The number of hydrogen-bond acceptors (Lipinski definition) is 3. The van der Waals surface area contributed by atoms with Gasteiger partial charge < -0.3 is 0 Å². The molecular weight excluding hydrogens is 184 g/mol. The van der Waals surface area contributed by atoms with Crippen LogP contribution in [0.15, 0.2) is 0 Å². The number of carbonyl (C=O) groups excluding carboxylic acids is 1. The molecule has 5 nitrogen and oxygen atoms in total. The summed E-state index contributed by atoms with van der Waals surface area (Å²) < 4.78 is 1.96. The van der Waals surface area contributed by atoms with Gasteiger partial charge in [-0.2, -0.15) is 4.68 Å². The van der Waals surface area contributed by atoms with E-state index in [4.69, 9.17) is 24.4 Å². The van der Waals surface area contributed by atoms with E-state index in [0.717, 1.165) is 0 Å². The first-order valence-electron chi connectivity index (χ1n) is 2.78. The third kappa shape index (κ3) is 1.75. The Labute approximate surface area is 72.4 Å². The minimum Gasteiger partial charge on any atom is -0.274 e. The Morgan fingerprint density at radius 1 is 1.45 bits per heavy atom. The van der Waals surface area contributed by atoms with Gasteiger partial charge >= 0.3 is 0 Å². The van der Waals surface area contributed by atoms with E-state index < -0.39 is 0 Å². The zero-order chi connectivity index (χ0) is 8.43. The molecule has 1 heterocycles. The van der Waals surface area contributed by atoms with Crippen LogP contribution in [-0.4, -0.2) is 20.8 Å². The van der Waals surface area contributed by atoms with E-state index in [2.05, 4.69) is 15.6 Å². The molecule has 1 rings (SSSR count). The first-order valence-corrected chi connectivity index (χ1v) is 3.60. The summed E-state index contributed by atoms with van der Waals surface area (Å²) in [6.07, 6.45) is 0. The minimum atomic E-state index is -0.222. The molecule has 1 aromatic rings. The SMILES string of the molecule is CC(=O)Nn1c(=S)[nH][nH]c1=S. The molecule has 0 saturated heterocycles. The van der Waals surface area contributed by atoms with Crippen LogP contribution in [0.3, 0.4) is 0 Å². The number of hydrogen-bond donors (Lipinski definition) is 3. The molecule has 0 fully saturated rings. The van der Waals surface area contributed by atoms with Crippen molar-refractivity contribution in [2.45, 2.75) is 6.92 Å². The maximum Gasteiger partial charge on any atom is 0.235 e. The van der Waals surface area contributed by atoms with Gasteiger partial charge in [-0.1, -0.05) is 0 Å². The standard InChI is InChI=1S/C4H6N4OS2/c1-2(9)7-8-3(10)5-6-4(8)11/h1H3,(H,5,10)(H,6,11)(H,7,9). The highest BCUT2D eigenvalue weighted by Crippen LogP contribution is 1.86. The van der Waals surface area contributed by atoms with Gasteiger partial charge in [-0.15, -0.1) is 0 Å². The van der Waals surface area contributed by atoms with E-state index in [9.17, 15) is 4.79 Å². The first kappa shape index (κ1) is 8.15.